The van der Waals surface area contributed by atoms with E-state index in [1.165, 1.54) is 19.2 Å². The quantitative estimate of drug-likeness (QED) is 0.696. The number of hydrogen-bond acceptors (Lipinski definition) is 4. The molecule has 0 aliphatic carbocycles. The molecule has 0 saturated heterocycles. The smallest absolute Gasteiger partial charge is 0.240 e. The van der Waals surface area contributed by atoms with E-state index in [9.17, 15) is 13.5 Å². The Hall–Kier alpha value is -1.11. The maximum Gasteiger partial charge on any atom is 0.240 e. The Kier molecular flexibility index (Phi) is 5.58. The van der Waals surface area contributed by atoms with Gasteiger partial charge in [0.25, 0.3) is 0 Å². The van der Waals surface area contributed by atoms with Gasteiger partial charge in [0.05, 0.1) is 11.0 Å². The van der Waals surface area contributed by atoms with Crippen LogP contribution in [0.1, 0.15) is 19.8 Å². The highest BCUT2D eigenvalue weighted by atomic mass is 32.2. The van der Waals surface area contributed by atoms with Gasteiger partial charge in [-0.25, -0.2) is 13.1 Å². The summed E-state index contributed by atoms with van der Waals surface area (Å²) in [7, 11) is -2.00. The first-order valence-corrected chi connectivity index (χ1v) is 7.43. The SMILES string of the molecule is CCCC(O)CNc1ccc(S(=O)(=O)NC)cc1. The fourth-order valence-electron chi connectivity index (χ4n) is 1.54. The second-order valence-electron chi connectivity index (χ2n) is 4.06. The molecule has 102 valence electrons. The number of aliphatic hydroxyl groups is 1. The van der Waals surface area contributed by atoms with E-state index in [2.05, 4.69) is 10.0 Å². The van der Waals surface area contributed by atoms with Gasteiger partial charge in [0.2, 0.25) is 10.0 Å². The Labute approximate surface area is 108 Å². The van der Waals surface area contributed by atoms with Crippen molar-refractivity contribution in [2.75, 3.05) is 18.9 Å². The van der Waals surface area contributed by atoms with Crippen molar-refractivity contribution >= 4 is 15.7 Å². The van der Waals surface area contributed by atoms with Crippen molar-refractivity contribution in [2.24, 2.45) is 0 Å². The summed E-state index contributed by atoms with van der Waals surface area (Å²) in [5.74, 6) is 0. The van der Waals surface area contributed by atoms with Crippen LogP contribution in [-0.4, -0.2) is 33.2 Å². The molecular weight excluding hydrogens is 252 g/mol. The molecule has 0 amide bonds. The van der Waals surface area contributed by atoms with Gasteiger partial charge in [-0.05, 0) is 37.7 Å². The highest BCUT2D eigenvalue weighted by Gasteiger charge is 2.10. The summed E-state index contributed by atoms with van der Waals surface area (Å²) < 4.78 is 25.2. The lowest BCUT2D eigenvalue weighted by Gasteiger charge is -2.12. The highest BCUT2D eigenvalue weighted by Crippen LogP contribution is 2.13. The molecule has 0 bridgehead atoms. The van der Waals surface area contributed by atoms with Gasteiger partial charge in [0.1, 0.15) is 0 Å². The molecule has 0 aromatic heterocycles. The van der Waals surface area contributed by atoms with Crippen LogP contribution in [0.2, 0.25) is 0 Å². The van der Waals surface area contributed by atoms with E-state index < -0.39 is 10.0 Å². The third-order valence-corrected chi connectivity index (χ3v) is 4.03. The minimum atomic E-state index is -3.38. The van der Waals surface area contributed by atoms with Crippen molar-refractivity contribution in [3.63, 3.8) is 0 Å². The van der Waals surface area contributed by atoms with Gasteiger partial charge in [-0.1, -0.05) is 13.3 Å². The molecule has 0 spiro atoms. The molecule has 18 heavy (non-hydrogen) atoms. The number of nitrogens with one attached hydrogen (secondary N) is 2. The van der Waals surface area contributed by atoms with E-state index in [0.717, 1.165) is 18.5 Å². The van der Waals surface area contributed by atoms with E-state index in [0.29, 0.717) is 6.54 Å². The molecule has 1 aromatic carbocycles. The van der Waals surface area contributed by atoms with Crippen LogP contribution >= 0.6 is 0 Å². The van der Waals surface area contributed by atoms with Crippen molar-refractivity contribution in [2.45, 2.75) is 30.8 Å². The van der Waals surface area contributed by atoms with Crippen LogP contribution in [-0.2, 0) is 10.0 Å². The van der Waals surface area contributed by atoms with Gasteiger partial charge in [0.15, 0.2) is 0 Å². The first kappa shape index (κ1) is 14.9. The average Bonchev–Trinajstić information content (AvgIpc) is 2.37. The summed E-state index contributed by atoms with van der Waals surface area (Å²) in [6.07, 6.45) is 1.30. The van der Waals surface area contributed by atoms with E-state index in [1.807, 2.05) is 6.92 Å². The number of rotatable bonds is 7. The van der Waals surface area contributed by atoms with Crippen LogP contribution < -0.4 is 10.0 Å². The summed E-state index contributed by atoms with van der Waals surface area (Å²) in [5.41, 5.74) is 0.792. The summed E-state index contributed by atoms with van der Waals surface area (Å²) in [6, 6.07) is 6.42. The van der Waals surface area contributed by atoms with E-state index in [1.54, 1.807) is 12.1 Å². The molecule has 5 nitrogen and oxygen atoms in total. The van der Waals surface area contributed by atoms with Gasteiger partial charge < -0.3 is 10.4 Å². The van der Waals surface area contributed by atoms with Crippen LogP contribution in [0.4, 0.5) is 5.69 Å². The van der Waals surface area contributed by atoms with Crippen LogP contribution in [0, 0.1) is 0 Å². The molecule has 1 aromatic rings. The standard InChI is InChI=1S/C12H20N2O3S/c1-3-4-11(15)9-14-10-5-7-12(8-6-10)18(16,17)13-2/h5-8,11,13-15H,3-4,9H2,1-2H3. The number of anilines is 1. The maximum absolute atomic E-state index is 11.5. The fraction of sp³-hybridized carbons (Fsp3) is 0.500. The molecule has 6 heteroatoms. The highest BCUT2D eigenvalue weighted by molar-refractivity contribution is 7.89. The maximum atomic E-state index is 11.5. The Morgan fingerprint density at radius 3 is 2.39 bits per heavy atom. The van der Waals surface area contributed by atoms with Crippen molar-refractivity contribution in [1.29, 1.82) is 0 Å². The van der Waals surface area contributed by atoms with Crippen molar-refractivity contribution in [3.8, 4) is 0 Å². The number of benzene rings is 1. The third kappa shape index (κ3) is 4.29. The number of aliphatic hydroxyl groups excluding tert-OH is 1. The molecule has 0 aliphatic heterocycles. The zero-order valence-electron chi connectivity index (χ0n) is 10.7. The molecule has 0 fully saturated rings. The van der Waals surface area contributed by atoms with Gasteiger partial charge in [0, 0.05) is 12.2 Å². The molecule has 0 aliphatic rings. The van der Waals surface area contributed by atoms with Crippen molar-refractivity contribution in [3.05, 3.63) is 24.3 Å². The van der Waals surface area contributed by atoms with Crippen LogP contribution in [0.15, 0.2) is 29.2 Å². The first-order valence-electron chi connectivity index (χ1n) is 5.95. The predicted molar refractivity (Wildman–Crippen MR) is 72.1 cm³/mol. The molecule has 0 radical (unpaired) electrons. The Balaban J connectivity index is 2.61. The van der Waals surface area contributed by atoms with E-state index in [4.69, 9.17) is 0 Å². The van der Waals surface area contributed by atoms with Gasteiger partial charge in [-0.15, -0.1) is 0 Å². The lowest BCUT2D eigenvalue weighted by Crippen LogP contribution is -2.20. The minimum Gasteiger partial charge on any atom is -0.391 e. The zero-order chi connectivity index (χ0) is 13.6. The number of hydrogen-bond donors (Lipinski definition) is 3. The Bertz CT molecular complexity index is 457. The fourth-order valence-corrected chi connectivity index (χ4v) is 2.27. The molecule has 0 saturated carbocycles. The molecule has 3 N–H and O–H groups in total. The van der Waals surface area contributed by atoms with Gasteiger partial charge >= 0.3 is 0 Å². The third-order valence-electron chi connectivity index (χ3n) is 2.60. The van der Waals surface area contributed by atoms with Crippen molar-refractivity contribution in [1.82, 2.24) is 4.72 Å². The van der Waals surface area contributed by atoms with E-state index >= 15 is 0 Å². The second-order valence-corrected chi connectivity index (χ2v) is 5.94. The molecule has 0 heterocycles. The van der Waals surface area contributed by atoms with Crippen molar-refractivity contribution < 1.29 is 13.5 Å². The summed E-state index contributed by atoms with van der Waals surface area (Å²) in [6.45, 7) is 2.48. The first-order chi connectivity index (χ1) is 8.49. The predicted octanol–water partition coefficient (Wildman–Crippen LogP) is 1.17. The molecule has 1 unspecified atom stereocenters. The van der Waals surface area contributed by atoms with Crippen LogP contribution in [0.25, 0.3) is 0 Å². The summed E-state index contributed by atoms with van der Waals surface area (Å²) in [4.78, 5) is 0.227. The number of sulfonamides is 1. The Morgan fingerprint density at radius 1 is 1.28 bits per heavy atom. The summed E-state index contributed by atoms with van der Waals surface area (Å²) >= 11 is 0. The minimum absolute atomic E-state index is 0.227. The average molecular weight is 272 g/mol. The largest absolute Gasteiger partial charge is 0.391 e. The summed E-state index contributed by atoms with van der Waals surface area (Å²) in [5, 5.41) is 12.6. The molecular formula is C12H20N2O3S. The van der Waals surface area contributed by atoms with Gasteiger partial charge in [-0.2, -0.15) is 0 Å². The van der Waals surface area contributed by atoms with Crippen LogP contribution in [0.3, 0.4) is 0 Å². The van der Waals surface area contributed by atoms with E-state index in [-0.39, 0.29) is 11.0 Å². The topological polar surface area (TPSA) is 78.4 Å². The van der Waals surface area contributed by atoms with Crippen LogP contribution in [0.5, 0.6) is 0 Å². The zero-order valence-corrected chi connectivity index (χ0v) is 11.5. The molecule has 1 atom stereocenters. The lowest BCUT2D eigenvalue weighted by molar-refractivity contribution is 0.176. The Morgan fingerprint density at radius 2 is 1.89 bits per heavy atom. The monoisotopic (exact) mass is 272 g/mol. The second kappa shape index (κ2) is 6.72. The van der Waals surface area contributed by atoms with Gasteiger partial charge in [-0.3, -0.25) is 0 Å². The normalized spacial score (nSPS) is 13.3. The lowest BCUT2D eigenvalue weighted by atomic mass is 10.2. The molecule has 1 rings (SSSR count).